The fourth-order valence-electron chi connectivity index (χ4n) is 5.60. The minimum Gasteiger partial charge on any atom is -0.493 e. The Morgan fingerprint density at radius 3 is 2.34 bits per heavy atom. The summed E-state index contributed by atoms with van der Waals surface area (Å²) in [6, 6.07) is 13.7. The lowest BCUT2D eigenvalue weighted by Crippen LogP contribution is -2.33. The standard InChI is InChI=1S/C31H41N5O5/c1-38-28-21-25-22-29(30(28)39-2)40-19-6-11-26(36-23-27(32-33-36)24-9-4-3-5-10-24)12-16-35-14-7-13-34(17-18-35)15-8-20-41-31(25)37/h3-5,9-10,21-23,26H,6-8,11-20H2,1-2H3. The molecule has 0 spiro atoms. The molecule has 0 N–H and O–H groups in total. The molecule has 41 heavy (non-hydrogen) atoms. The second-order valence-electron chi connectivity index (χ2n) is 10.6. The van der Waals surface area contributed by atoms with Crippen molar-refractivity contribution in [2.75, 3.05) is 66.7 Å². The third-order valence-electron chi connectivity index (χ3n) is 7.89. The number of cyclic esters (lactones) is 1. The predicted octanol–water partition coefficient (Wildman–Crippen LogP) is 4.32. The van der Waals surface area contributed by atoms with Crippen LogP contribution in [0.2, 0.25) is 0 Å². The van der Waals surface area contributed by atoms with E-state index in [-0.39, 0.29) is 6.04 Å². The molecule has 1 saturated heterocycles. The number of benzene rings is 2. The summed E-state index contributed by atoms with van der Waals surface area (Å²) in [5, 5.41) is 9.03. The molecule has 10 nitrogen and oxygen atoms in total. The maximum atomic E-state index is 12.9. The number of esters is 1. The average molecular weight is 564 g/mol. The lowest BCUT2D eigenvalue weighted by molar-refractivity contribution is 0.0487. The first-order valence-electron chi connectivity index (χ1n) is 14.6. The summed E-state index contributed by atoms with van der Waals surface area (Å²) in [7, 11) is 3.11. The van der Waals surface area contributed by atoms with Crippen LogP contribution in [0.5, 0.6) is 17.2 Å². The smallest absolute Gasteiger partial charge is 0.338 e. The second-order valence-corrected chi connectivity index (χ2v) is 10.6. The van der Waals surface area contributed by atoms with Crippen molar-refractivity contribution in [3.8, 4) is 28.5 Å². The quantitative estimate of drug-likeness (QED) is 0.431. The number of hydrogen-bond donors (Lipinski definition) is 0. The van der Waals surface area contributed by atoms with Crippen LogP contribution in [0.1, 0.15) is 48.5 Å². The summed E-state index contributed by atoms with van der Waals surface area (Å²) in [6.45, 7) is 6.94. The minimum absolute atomic E-state index is 0.183. The minimum atomic E-state index is -0.392. The molecule has 0 radical (unpaired) electrons. The molecular formula is C31H41N5O5. The number of hydrogen-bond acceptors (Lipinski definition) is 9. The Morgan fingerprint density at radius 2 is 1.56 bits per heavy atom. The van der Waals surface area contributed by atoms with Crippen LogP contribution >= 0.6 is 0 Å². The molecule has 1 fully saturated rings. The van der Waals surface area contributed by atoms with E-state index in [0.29, 0.717) is 36.0 Å². The zero-order chi connectivity index (χ0) is 28.4. The van der Waals surface area contributed by atoms with Gasteiger partial charge in [0.05, 0.1) is 45.2 Å². The van der Waals surface area contributed by atoms with Crippen LogP contribution in [0.4, 0.5) is 0 Å². The van der Waals surface area contributed by atoms with Crippen LogP contribution in [0, 0.1) is 0 Å². The second kappa shape index (κ2) is 14.3. The maximum absolute atomic E-state index is 12.9. The Kier molecular flexibility index (Phi) is 10.1. The van der Waals surface area contributed by atoms with Gasteiger partial charge in [0.1, 0.15) is 5.69 Å². The molecule has 3 atom stereocenters. The SMILES string of the molecule is COc1cc2cc(c1OC)OCCCC(n1cc(-c3ccccc3)nn1)CCN1CCCN(CCCOC2=O)CC1. The van der Waals surface area contributed by atoms with Crippen LogP contribution in [-0.2, 0) is 4.74 Å². The summed E-state index contributed by atoms with van der Waals surface area (Å²) < 4.78 is 24.9. The van der Waals surface area contributed by atoms with E-state index in [4.69, 9.17) is 18.9 Å². The number of carbonyl (C=O) groups excluding carboxylic acids is 1. The molecule has 0 aliphatic carbocycles. The lowest BCUT2D eigenvalue weighted by Gasteiger charge is -2.24. The third kappa shape index (κ3) is 7.56. The number of nitrogens with zero attached hydrogens (tertiary/aromatic N) is 5. The van der Waals surface area contributed by atoms with Gasteiger partial charge in [0.25, 0.3) is 0 Å². The highest BCUT2D eigenvalue weighted by Crippen LogP contribution is 2.39. The topological polar surface area (TPSA) is 91.2 Å². The summed E-state index contributed by atoms with van der Waals surface area (Å²) >= 11 is 0. The zero-order valence-corrected chi connectivity index (χ0v) is 24.2. The highest BCUT2D eigenvalue weighted by atomic mass is 16.5. The largest absolute Gasteiger partial charge is 0.493 e. The molecule has 1 aromatic heterocycles. The maximum Gasteiger partial charge on any atom is 0.338 e. The number of methoxy groups -OCH3 is 2. The van der Waals surface area contributed by atoms with Gasteiger partial charge < -0.3 is 28.7 Å². The summed E-state index contributed by atoms with van der Waals surface area (Å²) in [5.41, 5.74) is 2.32. The lowest BCUT2D eigenvalue weighted by atomic mass is 10.1. The highest BCUT2D eigenvalue weighted by molar-refractivity contribution is 5.91. The van der Waals surface area contributed by atoms with Crippen LogP contribution in [0.15, 0.2) is 48.7 Å². The van der Waals surface area contributed by atoms with Gasteiger partial charge in [0, 0.05) is 31.7 Å². The van der Waals surface area contributed by atoms with E-state index < -0.39 is 5.97 Å². The van der Waals surface area contributed by atoms with Crippen molar-refractivity contribution in [2.24, 2.45) is 0 Å². The molecule has 0 saturated carbocycles. The van der Waals surface area contributed by atoms with Gasteiger partial charge in [-0.3, -0.25) is 0 Å². The first-order chi connectivity index (χ1) is 20.1. The van der Waals surface area contributed by atoms with Gasteiger partial charge in [-0.2, -0.15) is 0 Å². The molecule has 2 aliphatic rings. The molecule has 3 unspecified atom stereocenters. The fraction of sp³-hybridized carbons (Fsp3) is 0.516. The number of rotatable bonds is 4. The number of carbonyl (C=O) groups is 1. The van der Waals surface area contributed by atoms with Crippen LogP contribution in [0.3, 0.4) is 0 Å². The van der Waals surface area contributed by atoms with Crippen molar-refractivity contribution in [2.45, 2.75) is 38.1 Å². The Morgan fingerprint density at radius 1 is 0.805 bits per heavy atom. The molecule has 2 aliphatic heterocycles. The summed E-state index contributed by atoms with van der Waals surface area (Å²) in [4.78, 5) is 17.9. The molecular weight excluding hydrogens is 522 g/mol. The normalized spacial score (nSPS) is 22.8. The highest BCUT2D eigenvalue weighted by Gasteiger charge is 2.21. The van der Waals surface area contributed by atoms with Crippen LogP contribution in [0.25, 0.3) is 11.3 Å². The first kappa shape index (κ1) is 28.9. The molecule has 3 aromatic rings. The van der Waals surface area contributed by atoms with E-state index in [1.807, 2.05) is 22.9 Å². The van der Waals surface area contributed by atoms with Crippen molar-refractivity contribution < 1.29 is 23.7 Å². The molecule has 4 bridgehead atoms. The van der Waals surface area contributed by atoms with E-state index in [1.54, 1.807) is 26.4 Å². The van der Waals surface area contributed by atoms with E-state index >= 15 is 0 Å². The molecule has 0 amide bonds. The Bertz CT molecular complexity index is 1270. The Hall–Kier alpha value is -3.63. The Balaban J connectivity index is 1.36. The van der Waals surface area contributed by atoms with Crippen LogP contribution in [-0.4, -0.2) is 97.5 Å². The Labute approximate surface area is 242 Å². The molecule has 3 heterocycles. The number of aromatic nitrogens is 3. The fourth-order valence-corrected chi connectivity index (χ4v) is 5.60. The third-order valence-corrected chi connectivity index (χ3v) is 7.89. The van der Waals surface area contributed by atoms with Crippen molar-refractivity contribution in [3.63, 3.8) is 0 Å². The van der Waals surface area contributed by atoms with Gasteiger partial charge in [0.2, 0.25) is 5.75 Å². The van der Waals surface area contributed by atoms with Gasteiger partial charge in [0.15, 0.2) is 11.5 Å². The molecule has 2 aromatic carbocycles. The zero-order valence-electron chi connectivity index (χ0n) is 24.2. The van der Waals surface area contributed by atoms with Crippen molar-refractivity contribution in [1.29, 1.82) is 0 Å². The van der Waals surface area contributed by atoms with Gasteiger partial charge in [-0.15, -0.1) is 5.10 Å². The van der Waals surface area contributed by atoms with E-state index in [9.17, 15) is 4.79 Å². The van der Waals surface area contributed by atoms with Gasteiger partial charge in [-0.1, -0.05) is 35.5 Å². The van der Waals surface area contributed by atoms with Crippen molar-refractivity contribution in [3.05, 3.63) is 54.2 Å². The van der Waals surface area contributed by atoms with Crippen molar-refractivity contribution >= 4 is 5.97 Å². The molecule has 5 rings (SSSR count). The number of ether oxygens (including phenoxy) is 4. The summed E-state index contributed by atoms with van der Waals surface area (Å²) in [6.07, 6.45) is 6.63. The number of fused-ring (bicyclic) bond motifs is 5. The average Bonchev–Trinajstić information content (AvgIpc) is 3.39. The first-order valence-corrected chi connectivity index (χ1v) is 14.6. The van der Waals surface area contributed by atoms with E-state index in [2.05, 4.69) is 38.4 Å². The van der Waals surface area contributed by atoms with Gasteiger partial charge in [-0.25, -0.2) is 9.48 Å². The van der Waals surface area contributed by atoms with E-state index in [1.165, 1.54) is 0 Å². The van der Waals surface area contributed by atoms with Gasteiger partial charge >= 0.3 is 5.97 Å². The van der Waals surface area contributed by atoms with Crippen LogP contribution < -0.4 is 14.2 Å². The molecule has 10 heteroatoms. The predicted molar refractivity (Wildman–Crippen MR) is 156 cm³/mol. The summed E-state index contributed by atoms with van der Waals surface area (Å²) in [5.74, 6) is 0.970. The monoisotopic (exact) mass is 563 g/mol. The molecule has 220 valence electrons. The van der Waals surface area contributed by atoms with Gasteiger partial charge in [-0.05, 0) is 57.3 Å². The van der Waals surface area contributed by atoms with E-state index in [0.717, 1.165) is 82.6 Å². The van der Waals surface area contributed by atoms with Crippen molar-refractivity contribution in [1.82, 2.24) is 24.8 Å².